The summed E-state index contributed by atoms with van der Waals surface area (Å²) < 4.78 is 25.5. The van der Waals surface area contributed by atoms with Gasteiger partial charge in [0.1, 0.15) is 0 Å². The van der Waals surface area contributed by atoms with Gasteiger partial charge in [0.25, 0.3) is 10.0 Å². The van der Waals surface area contributed by atoms with Gasteiger partial charge in [-0.05, 0) is 54.1 Å². The van der Waals surface area contributed by atoms with Crippen molar-refractivity contribution in [1.82, 2.24) is 3.82 Å². The Hall–Kier alpha value is -1.14. The van der Waals surface area contributed by atoms with Crippen molar-refractivity contribution in [3.8, 4) is 0 Å². The molecule has 0 aliphatic rings. The van der Waals surface area contributed by atoms with E-state index in [1.165, 1.54) is 0 Å². The zero-order valence-corrected chi connectivity index (χ0v) is 12.6. The van der Waals surface area contributed by atoms with Gasteiger partial charge in [0, 0.05) is 6.54 Å². The first kappa shape index (κ1) is 15.3. The Balaban J connectivity index is 2.26. The fourth-order valence-corrected chi connectivity index (χ4v) is 3.42. The first-order valence-electron chi connectivity index (χ1n) is 6.43. The monoisotopic (exact) mass is 312 g/mol. The number of sulfonamides is 1. The van der Waals surface area contributed by atoms with Gasteiger partial charge in [-0.2, -0.15) is 0 Å². The van der Waals surface area contributed by atoms with Gasteiger partial charge in [0.05, 0.1) is 4.90 Å². The average molecular weight is 313 g/mol. The lowest BCUT2D eigenvalue weighted by Crippen LogP contribution is -2.23. The second kappa shape index (κ2) is 6.54. The second-order valence-electron chi connectivity index (χ2n) is 4.52. The number of halogens is 1. The summed E-state index contributed by atoms with van der Waals surface area (Å²) in [6.45, 7) is 0.786. The predicted octanol–water partition coefficient (Wildman–Crippen LogP) is 2.72. The summed E-state index contributed by atoms with van der Waals surface area (Å²) in [5, 5.41) is 1.87. The van der Waals surface area contributed by atoms with E-state index in [0.29, 0.717) is 13.0 Å². The number of hydrogen-bond donors (Lipinski definition) is 1. The molecule has 0 unspecified atom stereocenters. The van der Waals surface area contributed by atoms with Crippen LogP contribution in [0.5, 0.6) is 0 Å². The smallest absolute Gasteiger partial charge is 0.256 e. The second-order valence-corrected chi connectivity index (χ2v) is 6.99. The molecule has 108 valence electrons. The van der Waals surface area contributed by atoms with Crippen LogP contribution < -0.4 is 5.73 Å². The molecule has 0 saturated heterocycles. The number of hydrogen-bond acceptors (Lipinski definition) is 3. The number of fused-ring (bicyclic) bond motifs is 1. The topological polar surface area (TPSA) is 63.4 Å². The minimum Gasteiger partial charge on any atom is -0.330 e. The van der Waals surface area contributed by atoms with E-state index in [1.807, 2.05) is 24.3 Å². The first-order chi connectivity index (χ1) is 9.55. The number of benzene rings is 2. The van der Waals surface area contributed by atoms with Gasteiger partial charge in [0.15, 0.2) is 0 Å². The lowest BCUT2D eigenvalue weighted by molar-refractivity contribution is 0.523. The molecule has 0 bridgehead atoms. The van der Waals surface area contributed by atoms with Crippen LogP contribution in [0.2, 0.25) is 0 Å². The molecule has 20 heavy (non-hydrogen) atoms. The average Bonchev–Trinajstić information content (AvgIpc) is 2.46. The Labute approximate surface area is 124 Å². The van der Waals surface area contributed by atoms with Gasteiger partial charge in [0.2, 0.25) is 0 Å². The summed E-state index contributed by atoms with van der Waals surface area (Å²) in [5.74, 6) is 0. The highest BCUT2D eigenvalue weighted by Gasteiger charge is 2.22. The Bertz CT molecular complexity index is 688. The van der Waals surface area contributed by atoms with Gasteiger partial charge in [-0.25, -0.2) is 8.42 Å². The molecule has 0 aromatic heterocycles. The molecule has 2 rings (SSSR count). The molecule has 0 aliphatic carbocycles. The molecule has 0 fully saturated rings. The molecule has 0 aliphatic heterocycles. The number of unbranched alkanes of at least 4 members (excludes halogenated alkanes) is 1. The van der Waals surface area contributed by atoms with Crippen molar-refractivity contribution in [1.29, 1.82) is 0 Å². The highest BCUT2D eigenvalue weighted by Crippen LogP contribution is 2.23. The molecule has 0 saturated carbocycles. The van der Waals surface area contributed by atoms with Crippen LogP contribution in [-0.4, -0.2) is 25.3 Å². The highest BCUT2D eigenvalue weighted by molar-refractivity contribution is 7.90. The third-order valence-electron chi connectivity index (χ3n) is 3.07. The van der Waals surface area contributed by atoms with Crippen molar-refractivity contribution in [2.24, 2.45) is 5.73 Å². The van der Waals surface area contributed by atoms with E-state index >= 15 is 0 Å². The van der Waals surface area contributed by atoms with Gasteiger partial charge in [-0.15, -0.1) is 3.82 Å². The maximum Gasteiger partial charge on any atom is 0.256 e. The molecule has 2 aromatic carbocycles. The van der Waals surface area contributed by atoms with Gasteiger partial charge < -0.3 is 5.73 Å². The molecule has 2 N–H and O–H groups in total. The van der Waals surface area contributed by atoms with Crippen molar-refractivity contribution < 1.29 is 8.42 Å². The predicted molar refractivity (Wildman–Crippen MR) is 82.0 cm³/mol. The van der Waals surface area contributed by atoms with Crippen LogP contribution in [0.15, 0.2) is 47.4 Å². The summed E-state index contributed by atoms with van der Waals surface area (Å²) in [4.78, 5) is 0.207. The molecular formula is C14H17ClN2O2S. The normalized spacial score (nSPS) is 12.2. The van der Waals surface area contributed by atoms with Crippen molar-refractivity contribution in [3.63, 3.8) is 0 Å². The van der Waals surface area contributed by atoms with E-state index in [-0.39, 0.29) is 11.4 Å². The SMILES string of the molecule is NCCCCN(Cl)S(=O)(=O)c1ccc2ccccc2c1. The Morgan fingerprint density at radius 1 is 1.05 bits per heavy atom. The van der Waals surface area contributed by atoms with E-state index in [0.717, 1.165) is 21.0 Å². The van der Waals surface area contributed by atoms with Crippen molar-refractivity contribution in [2.75, 3.05) is 13.1 Å². The van der Waals surface area contributed by atoms with Crippen LogP contribution in [-0.2, 0) is 10.0 Å². The number of nitrogens with zero attached hydrogens (tertiary/aromatic N) is 1. The standard InChI is InChI=1S/C14H17ClN2O2S/c15-17(10-4-3-9-16)20(18,19)14-8-7-12-5-1-2-6-13(12)11-14/h1-2,5-8,11H,3-4,9-10,16H2. The Kier molecular flexibility index (Phi) is 4.99. The number of rotatable bonds is 6. The van der Waals surface area contributed by atoms with Crippen LogP contribution in [0.1, 0.15) is 12.8 Å². The Morgan fingerprint density at radius 3 is 2.45 bits per heavy atom. The van der Waals surface area contributed by atoms with Crippen LogP contribution in [0, 0.1) is 0 Å². The quantitative estimate of drug-likeness (QED) is 0.659. The number of nitrogens with two attached hydrogens (primary N) is 1. The minimum atomic E-state index is -3.65. The summed E-state index contributed by atoms with van der Waals surface area (Å²) in [5.41, 5.74) is 5.39. The molecule has 0 spiro atoms. The van der Waals surface area contributed by atoms with E-state index in [4.69, 9.17) is 17.5 Å². The first-order valence-corrected chi connectivity index (χ1v) is 8.21. The molecule has 6 heteroatoms. The zero-order chi connectivity index (χ0) is 14.6. The molecule has 2 aromatic rings. The van der Waals surface area contributed by atoms with E-state index in [2.05, 4.69) is 0 Å². The molecule has 0 atom stereocenters. The molecular weight excluding hydrogens is 296 g/mol. The maximum atomic E-state index is 12.3. The largest absolute Gasteiger partial charge is 0.330 e. The lowest BCUT2D eigenvalue weighted by atomic mass is 10.1. The Morgan fingerprint density at radius 2 is 1.75 bits per heavy atom. The van der Waals surface area contributed by atoms with Crippen LogP contribution in [0.4, 0.5) is 0 Å². The van der Waals surface area contributed by atoms with Crippen molar-refractivity contribution >= 4 is 32.6 Å². The molecule has 4 nitrogen and oxygen atoms in total. The fourth-order valence-electron chi connectivity index (χ4n) is 1.94. The molecule has 0 radical (unpaired) electrons. The van der Waals surface area contributed by atoms with Crippen LogP contribution in [0.25, 0.3) is 10.8 Å². The van der Waals surface area contributed by atoms with Crippen LogP contribution in [0.3, 0.4) is 0 Å². The van der Waals surface area contributed by atoms with E-state index < -0.39 is 10.0 Å². The van der Waals surface area contributed by atoms with Gasteiger partial charge >= 0.3 is 0 Å². The van der Waals surface area contributed by atoms with Crippen molar-refractivity contribution in [3.05, 3.63) is 42.5 Å². The van der Waals surface area contributed by atoms with Crippen LogP contribution >= 0.6 is 11.8 Å². The minimum absolute atomic E-state index is 0.207. The third-order valence-corrected chi connectivity index (χ3v) is 5.34. The zero-order valence-electron chi connectivity index (χ0n) is 11.0. The van der Waals surface area contributed by atoms with E-state index in [1.54, 1.807) is 18.2 Å². The van der Waals surface area contributed by atoms with Crippen molar-refractivity contribution in [2.45, 2.75) is 17.7 Å². The molecule has 0 amide bonds. The summed E-state index contributed by atoms with van der Waals surface area (Å²) in [6.07, 6.45) is 1.39. The maximum absolute atomic E-state index is 12.3. The summed E-state index contributed by atoms with van der Waals surface area (Å²) >= 11 is 5.90. The third kappa shape index (κ3) is 3.30. The van der Waals surface area contributed by atoms with Gasteiger partial charge in [-0.1, -0.05) is 30.3 Å². The lowest BCUT2D eigenvalue weighted by Gasteiger charge is -2.14. The highest BCUT2D eigenvalue weighted by atomic mass is 35.5. The summed E-state index contributed by atoms with van der Waals surface area (Å²) in [6, 6.07) is 12.6. The summed E-state index contributed by atoms with van der Waals surface area (Å²) in [7, 11) is -3.65. The van der Waals surface area contributed by atoms with Gasteiger partial charge in [-0.3, -0.25) is 0 Å². The fraction of sp³-hybridized carbons (Fsp3) is 0.286. The van der Waals surface area contributed by atoms with E-state index in [9.17, 15) is 8.42 Å². The molecule has 0 heterocycles.